The third-order valence-electron chi connectivity index (χ3n) is 3.73. The van der Waals surface area contributed by atoms with E-state index in [2.05, 4.69) is 24.1 Å². The Hall–Kier alpha value is -1.06. The van der Waals surface area contributed by atoms with Gasteiger partial charge in [0, 0.05) is 18.6 Å². The van der Waals surface area contributed by atoms with Gasteiger partial charge >= 0.3 is 0 Å². The largest absolute Gasteiger partial charge is 0.497 e. The van der Waals surface area contributed by atoms with E-state index in [1.807, 2.05) is 12.1 Å². The number of ether oxygens (including phenoxy) is 1. The van der Waals surface area contributed by atoms with Gasteiger partial charge in [0.2, 0.25) is 0 Å². The van der Waals surface area contributed by atoms with E-state index < -0.39 is 0 Å². The van der Waals surface area contributed by atoms with Gasteiger partial charge in [-0.3, -0.25) is 0 Å². The van der Waals surface area contributed by atoms with Crippen LogP contribution in [0.3, 0.4) is 0 Å². The maximum absolute atomic E-state index is 6.22. The van der Waals surface area contributed by atoms with Crippen LogP contribution in [0.1, 0.15) is 30.9 Å². The molecule has 0 radical (unpaired) electrons. The molecule has 94 valence electrons. The van der Waals surface area contributed by atoms with E-state index in [-0.39, 0.29) is 6.04 Å². The van der Waals surface area contributed by atoms with Crippen molar-refractivity contribution in [1.29, 1.82) is 0 Å². The smallest absolute Gasteiger partial charge is 0.118 e. The molecule has 0 aliphatic heterocycles. The number of rotatable bonds is 5. The predicted molar refractivity (Wildman–Crippen MR) is 70.2 cm³/mol. The maximum atomic E-state index is 6.22. The lowest BCUT2D eigenvalue weighted by molar-refractivity contribution is 0.152. The van der Waals surface area contributed by atoms with E-state index in [9.17, 15) is 0 Å². The van der Waals surface area contributed by atoms with Crippen LogP contribution < -0.4 is 10.5 Å². The summed E-state index contributed by atoms with van der Waals surface area (Å²) in [7, 11) is 3.85. The first-order chi connectivity index (χ1) is 8.20. The molecular weight excluding hydrogens is 212 g/mol. The second kappa shape index (κ2) is 5.52. The lowest BCUT2D eigenvalue weighted by Gasteiger charge is -2.36. The average Bonchev–Trinajstić information content (AvgIpc) is 2.26. The van der Waals surface area contributed by atoms with Crippen molar-refractivity contribution in [1.82, 2.24) is 4.90 Å². The van der Waals surface area contributed by atoms with Crippen molar-refractivity contribution < 1.29 is 4.74 Å². The molecule has 3 heteroatoms. The normalized spacial score (nSPS) is 17.9. The molecule has 1 aromatic carbocycles. The van der Waals surface area contributed by atoms with Crippen LogP contribution in [0.4, 0.5) is 0 Å². The zero-order chi connectivity index (χ0) is 12.3. The third kappa shape index (κ3) is 2.99. The Labute approximate surface area is 104 Å². The summed E-state index contributed by atoms with van der Waals surface area (Å²) < 4.78 is 5.14. The summed E-state index contributed by atoms with van der Waals surface area (Å²) in [5.74, 6) is 0.883. The van der Waals surface area contributed by atoms with Gasteiger partial charge in [-0.05, 0) is 37.6 Å². The molecule has 1 fully saturated rings. The van der Waals surface area contributed by atoms with Crippen molar-refractivity contribution in [2.75, 3.05) is 20.7 Å². The van der Waals surface area contributed by atoms with Gasteiger partial charge in [0.05, 0.1) is 7.11 Å². The molecule has 1 aliphatic carbocycles. The Morgan fingerprint density at radius 1 is 1.35 bits per heavy atom. The highest BCUT2D eigenvalue weighted by molar-refractivity contribution is 5.29. The van der Waals surface area contributed by atoms with Gasteiger partial charge in [0.15, 0.2) is 0 Å². The maximum Gasteiger partial charge on any atom is 0.118 e. The molecular formula is C14H22N2O. The van der Waals surface area contributed by atoms with E-state index >= 15 is 0 Å². The SMILES string of the molecule is COc1ccc(C(N)CN(C)C2CCC2)cc1. The van der Waals surface area contributed by atoms with E-state index in [4.69, 9.17) is 10.5 Å². The summed E-state index contributed by atoms with van der Waals surface area (Å²) in [5.41, 5.74) is 7.40. The van der Waals surface area contributed by atoms with Crippen LogP contribution >= 0.6 is 0 Å². The van der Waals surface area contributed by atoms with Gasteiger partial charge in [0.25, 0.3) is 0 Å². The number of nitrogens with zero attached hydrogens (tertiary/aromatic N) is 1. The fraction of sp³-hybridized carbons (Fsp3) is 0.571. The molecule has 0 spiro atoms. The van der Waals surface area contributed by atoms with E-state index in [1.165, 1.54) is 24.8 Å². The summed E-state index contributed by atoms with van der Waals surface area (Å²) in [4.78, 5) is 2.39. The zero-order valence-corrected chi connectivity index (χ0v) is 10.7. The Bertz CT molecular complexity index is 346. The molecule has 3 nitrogen and oxygen atoms in total. The van der Waals surface area contributed by atoms with Crippen LogP contribution in [-0.2, 0) is 0 Å². The third-order valence-corrected chi connectivity index (χ3v) is 3.73. The zero-order valence-electron chi connectivity index (χ0n) is 10.7. The fourth-order valence-electron chi connectivity index (χ4n) is 2.24. The first-order valence-corrected chi connectivity index (χ1v) is 6.30. The minimum absolute atomic E-state index is 0.0894. The second-order valence-corrected chi connectivity index (χ2v) is 4.90. The number of hydrogen-bond donors (Lipinski definition) is 1. The monoisotopic (exact) mass is 234 g/mol. The average molecular weight is 234 g/mol. The molecule has 0 aromatic heterocycles. The first-order valence-electron chi connectivity index (χ1n) is 6.30. The van der Waals surface area contributed by atoms with Crippen molar-refractivity contribution in [3.05, 3.63) is 29.8 Å². The molecule has 2 rings (SSSR count). The molecule has 1 aliphatic rings. The molecule has 2 N–H and O–H groups in total. The highest BCUT2D eigenvalue weighted by Gasteiger charge is 2.23. The van der Waals surface area contributed by atoms with E-state index in [0.29, 0.717) is 0 Å². The molecule has 0 heterocycles. The number of likely N-dealkylation sites (N-methyl/N-ethyl adjacent to an activating group) is 1. The van der Waals surface area contributed by atoms with Gasteiger partial charge in [0.1, 0.15) is 5.75 Å². The van der Waals surface area contributed by atoms with Gasteiger partial charge in [-0.15, -0.1) is 0 Å². The van der Waals surface area contributed by atoms with Crippen molar-refractivity contribution in [2.45, 2.75) is 31.3 Å². The first kappa shape index (κ1) is 12.4. The second-order valence-electron chi connectivity index (χ2n) is 4.90. The quantitative estimate of drug-likeness (QED) is 0.848. The van der Waals surface area contributed by atoms with Crippen molar-refractivity contribution >= 4 is 0 Å². The van der Waals surface area contributed by atoms with Gasteiger partial charge < -0.3 is 15.4 Å². The minimum Gasteiger partial charge on any atom is -0.497 e. The van der Waals surface area contributed by atoms with Crippen molar-refractivity contribution in [2.24, 2.45) is 5.73 Å². The molecule has 1 saturated carbocycles. The lowest BCUT2D eigenvalue weighted by atomic mass is 9.91. The number of hydrogen-bond acceptors (Lipinski definition) is 3. The summed E-state index contributed by atoms with van der Waals surface area (Å²) in [5, 5.41) is 0. The molecule has 17 heavy (non-hydrogen) atoms. The van der Waals surface area contributed by atoms with Crippen molar-refractivity contribution in [3.63, 3.8) is 0 Å². The Kier molecular flexibility index (Phi) is 4.02. The standard InChI is InChI=1S/C14H22N2O/c1-16(12-4-3-5-12)10-14(15)11-6-8-13(17-2)9-7-11/h6-9,12,14H,3-5,10,15H2,1-2H3. The summed E-state index contributed by atoms with van der Waals surface area (Å²) >= 11 is 0. The number of benzene rings is 1. The summed E-state index contributed by atoms with van der Waals surface area (Å²) in [6.45, 7) is 0.928. The summed E-state index contributed by atoms with van der Waals surface area (Å²) in [6, 6.07) is 8.89. The van der Waals surface area contributed by atoms with Crippen LogP contribution in [0, 0.1) is 0 Å². The van der Waals surface area contributed by atoms with Crippen LogP contribution in [0.15, 0.2) is 24.3 Å². The molecule has 0 bridgehead atoms. The van der Waals surface area contributed by atoms with E-state index in [0.717, 1.165) is 18.3 Å². The van der Waals surface area contributed by atoms with Crippen LogP contribution in [0.2, 0.25) is 0 Å². The Balaban J connectivity index is 1.91. The minimum atomic E-state index is 0.0894. The number of methoxy groups -OCH3 is 1. The van der Waals surface area contributed by atoms with Gasteiger partial charge in [-0.25, -0.2) is 0 Å². The predicted octanol–water partition coefficient (Wildman–Crippen LogP) is 2.18. The molecule has 1 aromatic rings. The van der Waals surface area contributed by atoms with Gasteiger partial charge in [-0.2, -0.15) is 0 Å². The van der Waals surface area contributed by atoms with Crippen LogP contribution in [0.5, 0.6) is 5.75 Å². The van der Waals surface area contributed by atoms with E-state index in [1.54, 1.807) is 7.11 Å². The van der Waals surface area contributed by atoms with Crippen molar-refractivity contribution in [3.8, 4) is 5.75 Å². The summed E-state index contributed by atoms with van der Waals surface area (Å²) in [6.07, 6.45) is 4.02. The van der Waals surface area contributed by atoms with Gasteiger partial charge in [-0.1, -0.05) is 18.6 Å². The number of nitrogens with two attached hydrogens (primary N) is 1. The Morgan fingerprint density at radius 3 is 2.47 bits per heavy atom. The fourth-order valence-corrected chi connectivity index (χ4v) is 2.24. The van der Waals surface area contributed by atoms with Crippen LogP contribution in [-0.4, -0.2) is 31.6 Å². The molecule has 1 unspecified atom stereocenters. The van der Waals surface area contributed by atoms with Crippen LogP contribution in [0.25, 0.3) is 0 Å². The Morgan fingerprint density at radius 2 is 2.00 bits per heavy atom. The highest BCUT2D eigenvalue weighted by atomic mass is 16.5. The molecule has 0 saturated heterocycles. The lowest BCUT2D eigenvalue weighted by Crippen LogP contribution is -2.41. The highest BCUT2D eigenvalue weighted by Crippen LogP contribution is 2.25. The molecule has 1 atom stereocenters. The topological polar surface area (TPSA) is 38.5 Å². The molecule has 0 amide bonds.